The van der Waals surface area contributed by atoms with Gasteiger partial charge in [-0.1, -0.05) is 0 Å². The van der Waals surface area contributed by atoms with Crippen LogP contribution in [-0.2, 0) is 11.3 Å². The zero-order valence-corrected chi connectivity index (χ0v) is 14.6. The van der Waals surface area contributed by atoms with Crippen molar-refractivity contribution in [2.24, 2.45) is 0 Å². The summed E-state index contributed by atoms with van der Waals surface area (Å²) < 4.78 is 16.1. The topological polar surface area (TPSA) is 82.6 Å². The lowest BCUT2D eigenvalue weighted by Crippen LogP contribution is -2.01. The second kappa shape index (κ2) is 6.18. The second-order valence-corrected chi connectivity index (χ2v) is 5.84. The standard InChI is InChI=1S/C19H17N3O4/c1-20-19-21-7-12(8-22-19)16-13-6-15(25-3)14(24-2)5-10(13)4-11-9-26-18(23)17(11)16/h4-8H,9H2,1-3H3,(H,20,21,22). The number of methoxy groups -OCH3 is 2. The molecule has 1 aliphatic heterocycles. The number of carbonyl (C=O) groups excluding carboxylic acids is 1. The first-order valence-corrected chi connectivity index (χ1v) is 8.05. The smallest absolute Gasteiger partial charge is 0.339 e. The summed E-state index contributed by atoms with van der Waals surface area (Å²) in [5, 5.41) is 4.66. The van der Waals surface area contributed by atoms with E-state index in [1.54, 1.807) is 33.7 Å². The van der Waals surface area contributed by atoms with Gasteiger partial charge in [-0.25, -0.2) is 14.8 Å². The quantitative estimate of drug-likeness (QED) is 0.723. The predicted octanol–water partition coefficient (Wildman–Crippen LogP) is 3.03. The van der Waals surface area contributed by atoms with Gasteiger partial charge in [0.25, 0.3) is 0 Å². The third kappa shape index (κ3) is 2.40. The van der Waals surface area contributed by atoms with E-state index >= 15 is 0 Å². The fourth-order valence-corrected chi connectivity index (χ4v) is 3.23. The monoisotopic (exact) mass is 351 g/mol. The summed E-state index contributed by atoms with van der Waals surface area (Å²) in [6.45, 7) is 0.251. The molecule has 0 saturated heterocycles. The summed E-state index contributed by atoms with van der Waals surface area (Å²) in [4.78, 5) is 20.9. The minimum Gasteiger partial charge on any atom is -0.493 e. The molecule has 26 heavy (non-hydrogen) atoms. The number of fused-ring (bicyclic) bond motifs is 2. The Hall–Kier alpha value is -3.35. The van der Waals surface area contributed by atoms with E-state index in [2.05, 4.69) is 15.3 Å². The molecule has 132 valence electrons. The lowest BCUT2D eigenvalue weighted by Gasteiger charge is -2.14. The molecule has 1 N–H and O–H groups in total. The molecular weight excluding hydrogens is 334 g/mol. The van der Waals surface area contributed by atoms with Crippen LogP contribution in [0, 0.1) is 0 Å². The number of esters is 1. The van der Waals surface area contributed by atoms with Crippen LogP contribution in [0.5, 0.6) is 11.5 Å². The summed E-state index contributed by atoms with van der Waals surface area (Å²) in [6.07, 6.45) is 3.38. The van der Waals surface area contributed by atoms with Crippen molar-refractivity contribution in [3.05, 3.63) is 41.7 Å². The Balaban J connectivity index is 2.07. The molecular formula is C19H17N3O4. The van der Waals surface area contributed by atoms with Crippen molar-refractivity contribution in [3.8, 4) is 22.6 Å². The van der Waals surface area contributed by atoms with E-state index in [1.807, 2.05) is 18.2 Å². The number of rotatable bonds is 4. The number of ether oxygens (including phenoxy) is 3. The Bertz CT molecular complexity index is 1020. The van der Waals surface area contributed by atoms with Crippen molar-refractivity contribution in [1.29, 1.82) is 0 Å². The van der Waals surface area contributed by atoms with Crippen molar-refractivity contribution < 1.29 is 19.0 Å². The minimum atomic E-state index is -0.343. The van der Waals surface area contributed by atoms with Crippen LogP contribution in [0.25, 0.3) is 21.9 Å². The highest BCUT2D eigenvalue weighted by molar-refractivity contribution is 6.11. The first kappa shape index (κ1) is 16.1. The van der Waals surface area contributed by atoms with Gasteiger partial charge in [0.05, 0.1) is 19.8 Å². The van der Waals surface area contributed by atoms with Crippen LogP contribution in [0.1, 0.15) is 15.9 Å². The first-order valence-electron chi connectivity index (χ1n) is 8.05. The Morgan fingerprint density at radius 3 is 2.38 bits per heavy atom. The maximum absolute atomic E-state index is 12.4. The van der Waals surface area contributed by atoms with Crippen LogP contribution in [0.4, 0.5) is 5.95 Å². The summed E-state index contributed by atoms with van der Waals surface area (Å²) in [5.41, 5.74) is 2.86. The van der Waals surface area contributed by atoms with Gasteiger partial charge >= 0.3 is 5.97 Å². The molecule has 2 heterocycles. The van der Waals surface area contributed by atoms with Gasteiger partial charge in [-0.15, -0.1) is 0 Å². The third-order valence-corrected chi connectivity index (χ3v) is 4.45. The van der Waals surface area contributed by atoms with Crippen LogP contribution < -0.4 is 14.8 Å². The van der Waals surface area contributed by atoms with Crippen LogP contribution in [0.2, 0.25) is 0 Å². The van der Waals surface area contributed by atoms with E-state index in [0.717, 1.165) is 27.5 Å². The first-order chi connectivity index (χ1) is 12.7. The SMILES string of the molecule is CNc1ncc(-c2c3c(cc4cc(OC)c(OC)cc24)COC3=O)cn1. The predicted molar refractivity (Wildman–Crippen MR) is 96.7 cm³/mol. The Kier molecular flexibility index (Phi) is 3.84. The maximum atomic E-state index is 12.4. The molecule has 4 rings (SSSR count). The molecule has 0 saturated carbocycles. The van der Waals surface area contributed by atoms with Crippen molar-refractivity contribution in [1.82, 2.24) is 9.97 Å². The molecule has 3 aromatic rings. The molecule has 1 aliphatic rings. The lowest BCUT2D eigenvalue weighted by molar-refractivity contribution is 0.0535. The molecule has 0 fully saturated rings. The molecule has 0 unspecified atom stereocenters. The highest BCUT2D eigenvalue weighted by Crippen LogP contribution is 2.42. The van der Waals surface area contributed by atoms with Crippen molar-refractivity contribution >= 4 is 22.7 Å². The zero-order valence-electron chi connectivity index (χ0n) is 14.6. The number of nitrogens with one attached hydrogen (secondary N) is 1. The number of nitrogens with zero attached hydrogens (tertiary/aromatic N) is 2. The molecule has 0 amide bonds. The van der Waals surface area contributed by atoms with Crippen LogP contribution in [0.15, 0.2) is 30.6 Å². The Morgan fingerprint density at radius 1 is 1.04 bits per heavy atom. The number of cyclic esters (lactones) is 1. The number of hydrogen-bond acceptors (Lipinski definition) is 7. The van der Waals surface area contributed by atoms with Gasteiger partial charge in [-0.2, -0.15) is 0 Å². The number of aromatic nitrogens is 2. The van der Waals surface area contributed by atoms with Gasteiger partial charge in [0, 0.05) is 36.1 Å². The third-order valence-electron chi connectivity index (χ3n) is 4.45. The number of carbonyl (C=O) groups is 1. The van der Waals surface area contributed by atoms with Crippen LogP contribution in [0.3, 0.4) is 0 Å². The van der Waals surface area contributed by atoms with E-state index in [9.17, 15) is 4.79 Å². The van der Waals surface area contributed by atoms with Crippen LogP contribution in [-0.4, -0.2) is 37.2 Å². The zero-order chi connectivity index (χ0) is 18.3. The fraction of sp³-hybridized carbons (Fsp3) is 0.211. The average Bonchev–Trinajstić information content (AvgIpc) is 3.05. The normalized spacial score (nSPS) is 12.7. The van der Waals surface area contributed by atoms with Crippen molar-refractivity contribution in [2.75, 3.05) is 26.6 Å². The number of benzene rings is 2. The van der Waals surface area contributed by atoms with Gasteiger partial charge in [0.1, 0.15) is 6.61 Å². The van der Waals surface area contributed by atoms with E-state index in [0.29, 0.717) is 23.0 Å². The number of hydrogen-bond donors (Lipinski definition) is 1. The largest absolute Gasteiger partial charge is 0.493 e. The van der Waals surface area contributed by atoms with Gasteiger partial charge in [0.15, 0.2) is 11.5 Å². The molecule has 2 aromatic carbocycles. The number of anilines is 1. The molecule has 0 bridgehead atoms. The van der Waals surface area contributed by atoms with Crippen molar-refractivity contribution in [2.45, 2.75) is 6.61 Å². The van der Waals surface area contributed by atoms with Crippen molar-refractivity contribution in [3.63, 3.8) is 0 Å². The van der Waals surface area contributed by atoms with Gasteiger partial charge < -0.3 is 19.5 Å². The van der Waals surface area contributed by atoms with E-state index < -0.39 is 0 Å². The molecule has 0 atom stereocenters. The average molecular weight is 351 g/mol. The van der Waals surface area contributed by atoms with Gasteiger partial charge in [-0.05, 0) is 29.0 Å². The van der Waals surface area contributed by atoms with Gasteiger partial charge in [-0.3, -0.25) is 0 Å². The molecule has 0 radical (unpaired) electrons. The summed E-state index contributed by atoms with van der Waals surface area (Å²) in [6, 6.07) is 5.70. The molecule has 0 aliphatic carbocycles. The highest BCUT2D eigenvalue weighted by Gasteiger charge is 2.28. The maximum Gasteiger partial charge on any atom is 0.339 e. The lowest BCUT2D eigenvalue weighted by atomic mass is 9.91. The second-order valence-electron chi connectivity index (χ2n) is 5.84. The summed E-state index contributed by atoms with van der Waals surface area (Å²) in [5.74, 6) is 1.37. The van der Waals surface area contributed by atoms with E-state index in [4.69, 9.17) is 14.2 Å². The Morgan fingerprint density at radius 2 is 1.73 bits per heavy atom. The minimum absolute atomic E-state index is 0.251. The van der Waals surface area contributed by atoms with Crippen LogP contribution >= 0.6 is 0 Å². The van der Waals surface area contributed by atoms with Gasteiger partial charge in [0.2, 0.25) is 5.95 Å². The Labute approximate surface area is 149 Å². The highest BCUT2D eigenvalue weighted by atomic mass is 16.5. The summed E-state index contributed by atoms with van der Waals surface area (Å²) >= 11 is 0. The van der Waals surface area contributed by atoms with E-state index in [-0.39, 0.29) is 12.6 Å². The summed E-state index contributed by atoms with van der Waals surface area (Å²) in [7, 11) is 4.92. The molecule has 0 spiro atoms. The molecule has 1 aromatic heterocycles. The van der Waals surface area contributed by atoms with E-state index in [1.165, 1.54) is 0 Å². The fourth-order valence-electron chi connectivity index (χ4n) is 3.23. The molecule has 7 nitrogen and oxygen atoms in total. The molecule has 7 heteroatoms.